The molecule has 0 aromatic heterocycles. The van der Waals surface area contributed by atoms with E-state index in [2.05, 4.69) is 10.6 Å². The zero-order valence-electron chi connectivity index (χ0n) is 16.3. The van der Waals surface area contributed by atoms with Crippen LogP contribution in [0.1, 0.15) is 12.5 Å². The van der Waals surface area contributed by atoms with Gasteiger partial charge < -0.3 is 10.4 Å². The van der Waals surface area contributed by atoms with Crippen molar-refractivity contribution in [1.82, 2.24) is 5.32 Å². The maximum Gasteiger partial charge on any atom is 0.250 e. The van der Waals surface area contributed by atoms with E-state index >= 15 is 0 Å². The van der Waals surface area contributed by atoms with Gasteiger partial charge in [-0.3, -0.25) is 19.7 Å². The van der Waals surface area contributed by atoms with Crippen LogP contribution in [0.15, 0.2) is 30.3 Å². The molecular weight excluding hydrogens is 500 g/mol. The van der Waals surface area contributed by atoms with E-state index in [-0.39, 0.29) is 25.8 Å². The number of nitrogens with one attached hydrogen (secondary N) is 2. The van der Waals surface area contributed by atoms with Crippen LogP contribution in [0, 0.1) is 11.8 Å². The van der Waals surface area contributed by atoms with Gasteiger partial charge in [0.25, 0.3) is 0 Å². The largest absolute Gasteiger partial charge is 0.392 e. The van der Waals surface area contributed by atoms with Crippen LogP contribution in [0.3, 0.4) is 0 Å². The lowest BCUT2D eigenvalue weighted by Crippen LogP contribution is -2.54. The summed E-state index contributed by atoms with van der Waals surface area (Å²) in [5.41, 5.74) is -0.789. The minimum Gasteiger partial charge on any atom is -0.392 e. The molecule has 0 saturated carbocycles. The Bertz CT molecular complexity index is 1200. The first kappa shape index (κ1) is 21.9. The Labute approximate surface area is 202 Å². The van der Waals surface area contributed by atoms with Gasteiger partial charge >= 0.3 is 0 Å². The predicted octanol–water partition coefficient (Wildman–Crippen LogP) is 3.61. The fourth-order valence-corrected chi connectivity index (χ4v) is 6.15. The molecule has 0 bridgehead atoms. The second kappa shape index (κ2) is 7.32. The van der Waals surface area contributed by atoms with Crippen LogP contribution in [0.5, 0.6) is 0 Å². The van der Waals surface area contributed by atoms with Crippen molar-refractivity contribution in [3.63, 3.8) is 0 Å². The molecule has 5 unspecified atom stereocenters. The molecule has 2 saturated heterocycles. The maximum absolute atomic E-state index is 13.7. The highest BCUT2D eigenvalue weighted by Gasteiger charge is 2.71. The molecule has 3 aliphatic heterocycles. The first-order chi connectivity index (χ1) is 15.1. The van der Waals surface area contributed by atoms with Gasteiger partial charge in [0.2, 0.25) is 17.7 Å². The summed E-state index contributed by atoms with van der Waals surface area (Å²) in [6.07, 6.45) is -1.05. The van der Waals surface area contributed by atoms with Crippen LogP contribution < -0.4 is 15.5 Å². The molecule has 166 valence electrons. The molecule has 0 aliphatic carbocycles. The Morgan fingerprint density at radius 1 is 0.969 bits per heavy atom. The number of hydrogen-bond donors (Lipinski definition) is 3. The van der Waals surface area contributed by atoms with Crippen LogP contribution in [-0.2, 0) is 19.9 Å². The number of rotatable bonds is 2. The van der Waals surface area contributed by atoms with Gasteiger partial charge in [0.05, 0.1) is 34.3 Å². The van der Waals surface area contributed by atoms with Crippen molar-refractivity contribution in [2.75, 3.05) is 10.2 Å². The van der Waals surface area contributed by atoms with Crippen molar-refractivity contribution in [2.45, 2.75) is 24.6 Å². The van der Waals surface area contributed by atoms with Crippen LogP contribution in [-0.4, -0.2) is 35.0 Å². The van der Waals surface area contributed by atoms with Gasteiger partial charge in [0.1, 0.15) is 5.54 Å². The molecule has 2 aromatic carbocycles. The third-order valence-corrected chi connectivity index (χ3v) is 7.25. The average molecular weight is 515 g/mol. The van der Waals surface area contributed by atoms with Gasteiger partial charge in [-0.2, -0.15) is 0 Å². The number of benzene rings is 2. The van der Waals surface area contributed by atoms with E-state index in [4.69, 9.17) is 46.4 Å². The lowest BCUT2D eigenvalue weighted by Gasteiger charge is -2.30. The highest BCUT2D eigenvalue weighted by atomic mass is 35.5. The Morgan fingerprint density at radius 2 is 1.59 bits per heavy atom. The maximum atomic E-state index is 13.7. The Morgan fingerprint density at radius 3 is 2.22 bits per heavy atom. The third-order valence-electron chi connectivity index (χ3n) is 6.30. The lowest BCUT2D eigenvalue weighted by atomic mass is 9.76. The topological polar surface area (TPSA) is 98.7 Å². The number of fused-ring (bicyclic) bond motifs is 4. The van der Waals surface area contributed by atoms with Crippen LogP contribution in [0.2, 0.25) is 20.1 Å². The molecule has 3 N–H and O–H groups in total. The number of carbonyl (C=O) groups is 3. The van der Waals surface area contributed by atoms with Crippen molar-refractivity contribution < 1.29 is 19.5 Å². The van der Waals surface area contributed by atoms with Crippen molar-refractivity contribution >= 4 is 75.5 Å². The monoisotopic (exact) mass is 513 g/mol. The second-order valence-electron chi connectivity index (χ2n) is 8.13. The predicted molar refractivity (Wildman–Crippen MR) is 121 cm³/mol. The molecule has 2 aromatic rings. The summed E-state index contributed by atoms with van der Waals surface area (Å²) in [7, 11) is 0. The second-order valence-corrected chi connectivity index (χ2v) is 9.84. The molecule has 5 rings (SSSR count). The van der Waals surface area contributed by atoms with Gasteiger partial charge in [-0.25, -0.2) is 4.90 Å². The summed E-state index contributed by atoms with van der Waals surface area (Å²) in [4.78, 5) is 41.6. The van der Waals surface area contributed by atoms with Gasteiger partial charge in [0.15, 0.2) is 0 Å². The van der Waals surface area contributed by atoms with Crippen molar-refractivity contribution in [2.24, 2.45) is 11.8 Å². The van der Waals surface area contributed by atoms with Crippen LogP contribution >= 0.6 is 46.4 Å². The van der Waals surface area contributed by atoms with E-state index in [0.29, 0.717) is 11.3 Å². The number of anilines is 2. The highest BCUT2D eigenvalue weighted by molar-refractivity contribution is 6.38. The van der Waals surface area contributed by atoms with Crippen molar-refractivity contribution in [3.8, 4) is 0 Å². The van der Waals surface area contributed by atoms with E-state index in [1.807, 2.05) is 0 Å². The number of nitrogens with zero attached hydrogens (tertiary/aromatic N) is 1. The van der Waals surface area contributed by atoms with Gasteiger partial charge in [0, 0.05) is 26.7 Å². The normalized spacial score (nSPS) is 29.5. The number of hydrogen-bond acceptors (Lipinski definition) is 5. The number of carbonyl (C=O) groups excluding carboxylic acids is 3. The summed E-state index contributed by atoms with van der Waals surface area (Å²) in [5.74, 6) is -3.91. The van der Waals surface area contributed by atoms with Crippen LogP contribution in [0.25, 0.3) is 0 Å². The summed E-state index contributed by atoms with van der Waals surface area (Å²) in [5, 5.41) is 17.2. The molecule has 3 amide bonds. The number of imide groups is 1. The van der Waals surface area contributed by atoms with Gasteiger partial charge in [-0.15, -0.1) is 0 Å². The van der Waals surface area contributed by atoms with Gasteiger partial charge in [-0.05, 0) is 37.3 Å². The zero-order valence-corrected chi connectivity index (χ0v) is 19.4. The smallest absolute Gasteiger partial charge is 0.250 e. The molecule has 11 heteroatoms. The number of aliphatic hydroxyl groups is 1. The first-order valence-corrected chi connectivity index (χ1v) is 11.2. The number of amides is 3. The first-order valence-electron chi connectivity index (χ1n) is 9.67. The highest BCUT2D eigenvalue weighted by Crippen LogP contribution is 2.55. The standard InChI is InChI=1S/C21H15Cl4N3O4/c1-7(29)16-14-15(19(31)28(18(14)30)11-3-8(22)2-9(23)4-11)21(27-16)12-5-10(24)6-13(25)17(12)26-20(21)32/h2-7,14-16,27,29H,1H3,(H,26,32). The van der Waals surface area contributed by atoms with E-state index in [9.17, 15) is 19.5 Å². The van der Waals surface area contributed by atoms with Gasteiger partial charge in [-0.1, -0.05) is 46.4 Å². The minimum atomic E-state index is -1.64. The molecule has 7 nitrogen and oxygen atoms in total. The minimum absolute atomic E-state index is 0.189. The summed E-state index contributed by atoms with van der Waals surface area (Å²) in [6, 6.07) is 6.49. The molecule has 2 fully saturated rings. The molecule has 3 heterocycles. The molecule has 0 radical (unpaired) electrons. The quantitative estimate of drug-likeness (QED) is 0.532. The van der Waals surface area contributed by atoms with Crippen molar-refractivity contribution in [1.29, 1.82) is 0 Å². The number of halogens is 4. The molecule has 32 heavy (non-hydrogen) atoms. The molecule has 3 aliphatic rings. The third kappa shape index (κ3) is 2.86. The summed E-state index contributed by atoms with van der Waals surface area (Å²) in [6.45, 7) is 1.49. The Balaban J connectivity index is 1.72. The van der Waals surface area contributed by atoms with E-state index < -0.39 is 47.2 Å². The fraction of sp³-hybridized carbons (Fsp3) is 0.286. The Hall–Kier alpha value is -1.87. The lowest BCUT2D eigenvalue weighted by molar-refractivity contribution is -0.130. The zero-order chi connectivity index (χ0) is 23.1. The number of aliphatic hydroxyl groups excluding tert-OH is 1. The Kier molecular flexibility index (Phi) is 5.02. The molecular formula is C21H15Cl4N3O4. The molecule has 5 atom stereocenters. The van der Waals surface area contributed by atoms with Crippen molar-refractivity contribution in [3.05, 3.63) is 56.0 Å². The molecule has 1 spiro atoms. The fourth-order valence-electron chi connectivity index (χ4n) is 5.09. The summed E-state index contributed by atoms with van der Waals surface area (Å²) < 4.78 is 0. The van der Waals surface area contributed by atoms with E-state index in [1.165, 1.54) is 37.3 Å². The van der Waals surface area contributed by atoms with E-state index in [0.717, 1.165) is 4.90 Å². The summed E-state index contributed by atoms with van der Waals surface area (Å²) >= 11 is 24.7. The van der Waals surface area contributed by atoms with E-state index in [1.54, 1.807) is 0 Å². The SMILES string of the molecule is CC(O)C1NC2(C(=O)Nc3c(Cl)cc(Cl)cc32)C2C(=O)N(c3cc(Cl)cc(Cl)c3)C(=O)C12. The van der Waals surface area contributed by atoms with Crippen LogP contribution in [0.4, 0.5) is 11.4 Å². The average Bonchev–Trinajstić information content (AvgIpc) is 3.27.